The largest absolute Gasteiger partial charge is 0.450 e. The summed E-state index contributed by atoms with van der Waals surface area (Å²) in [5.41, 5.74) is 0.575. The third-order valence-corrected chi connectivity index (χ3v) is 4.83. The topological polar surface area (TPSA) is 26.3 Å². The minimum atomic E-state index is -0.682. The van der Waals surface area contributed by atoms with Gasteiger partial charge in [-0.1, -0.05) is 57.5 Å². The maximum atomic E-state index is 11.2. The molecule has 0 heterocycles. The molecule has 1 saturated carbocycles. The zero-order valence-corrected chi connectivity index (χ0v) is 13.2. The Morgan fingerprint density at radius 2 is 1.90 bits per heavy atom. The van der Waals surface area contributed by atoms with E-state index in [0.717, 1.165) is 12.8 Å². The van der Waals surface area contributed by atoms with E-state index in [1.165, 1.54) is 12.0 Å². The van der Waals surface area contributed by atoms with Crippen molar-refractivity contribution in [2.75, 3.05) is 0 Å². The zero-order valence-electron chi connectivity index (χ0n) is 12.4. The molecule has 0 radical (unpaired) electrons. The van der Waals surface area contributed by atoms with Gasteiger partial charge in [0.05, 0.1) is 0 Å². The quantitative estimate of drug-likeness (QED) is 0.721. The van der Waals surface area contributed by atoms with Crippen LogP contribution in [0.1, 0.15) is 45.6 Å². The highest BCUT2D eigenvalue weighted by Gasteiger charge is 2.41. The fraction of sp³-hybridized carbons (Fsp3) is 0.588. The average molecular weight is 295 g/mol. The van der Waals surface area contributed by atoms with Crippen LogP contribution in [-0.2, 0) is 10.2 Å². The molecule has 0 N–H and O–H groups in total. The molecule has 0 unspecified atom stereocenters. The SMILES string of the molecule is C[C@H]1CC[C@H](C(C)(C)c2ccccc2)[C@@H](OC(=O)Cl)C1. The van der Waals surface area contributed by atoms with Crippen LogP contribution in [0.3, 0.4) is 0 Å². The second-order valence-electron chi connectivity index (χ2n) is 6.51. The molecule has 110 valence electrons. The Kier molecular flexibility index (Phi) is 4.74. The summed E-state index contributed by atoms with van der Waals surface area (Å²) in [4.78, 5) is 11.2. The Morgan fingerprint density at radius 1 is 1.25 bits per heavy atom. The molecule has 2 rings (SSSR count). The number of hydrogen-bond donors (Lipinski definition) is 0. The number of halogens is 1. The van der Waals surface area contributed by atoms with E-state index in [4.69, 9.17) is 16.3 Å². The van der Waals surface area contributed by atoms with Gasteiger partial charge in [0.2, 0.25) is 0 Å². The Balaban J connectivity index is 2.25. The predicted octanol–water partition coefficient (Wildman–Crippen LogP) is 5.14. The van der Waals surface area contributed by atoms with Crippen LogP contribution in [0.2, 0.25) is 0 Å². The lowest BCUT2D eigenvalue weighted by Gasteiger charge is -2.43. The van der Waals surface area contributed by atoms with Crippen molar-refractivity contribution in [3.63, 3.8) is 0 Å². The molecule has 0 amide bonds. The van der Waals surface area contributed by atoms with Crippen molar-refractivity contribution in [1.29, 1.82) is 0 Å². The summed E-state index contributed by atoms with van der Waals surface area (Å²) in [7, 11) is 0. The molecule has 1 fully saturated rings. The summed E-state index contributed by atoms with van der Waals surface area (Å²) in [6.45, 7) is 6.68. The van der Waals surface area contributed by atoms with Crippen LogP contribution >= 0.6 is 11.6 Å². The van der Waals surface area contributed by atoms with Crippen molar-refractivity contribution in [3.05, 3.63) is 35.9 Å². The summed E-state index contributed by atoms with van der Waals surface area (Å²) < 4.78 is 5.41. The van der Waals surface area contributed by atoms with Gasteiger partial charge in [-0.05, 0) is 29.7 Å². The molecule has 1 aliphatic rings. The molecule has 2 nitrogen and oxygen atoms in total. The maximum absolute atomic E-state index is 11.2. The van der Waals surface area contributed by atoms with Gasteiger partial charge in [0.15, 0.2) is 0 Å². The number of hydrogen-bond acceptors (Lipinski definition) is 2. The number of ether oxygens (including phenoxy) is 1. The number of rotatable bonds is 3. The van der Waals surface area contributed by atoms with E-state index in [2.05, 4.69) is 45.0 Å². The lowest BCUT2D eigenvalue weighted by molar-refractivity contribution is 0.00745. The fourth-order valence-corrected chi connectivity index (χ4v) is 3.60. The first-order chi connectivity index (χ1) is 9.41. The molecule has 0 saturated heterocycles. The third kappa shape index (κ3) is 3.35. The van der Waals surface area contributed by atoms with Crippen LogP contribution in [0.5, 0.6) is 0 Å². The molecular weight excluding hydrogens is 272 g/mol. The van der Waals surface area contributed by atoms with Crippen LogP contribution < -0.4 is 0 Å². The van der Waals surface area contributed by atoms with Crippen molar-refractivity contribution < 1.29 is 9.53 Å². The van der Waals surface area contributed by atoms with Gasteiger partial charge in [-0.3, -0.25) is 0 Å². The first-order valence-electron chi connectivity index (χ1n) is 7.33. The maximum Gasteiger partial charge on any atom is 0.404 e. The molecule has 0 aliphatic heterocycles. The predicted molar refractivity (Wildman–Crippen MR) is 82.1 cm³/mol. The number of carbonyl (C=O) groups is 1. The van der Waals surface area contributed by atoms with Crippen molar-refractivity contribution in [1.82, 2.24) is 0 Å². The molecule has 0 bridgehead atoms. The second-order valence-corrected chi connectivity index (χ2v) is 6.81. The van der Waals surface area contributed by atoms with E-state index >= 15 is 0 Å². The molecule has 1 aromatic carbocycles. The molecule has 20 heavy (non-hydrogen) atoms. The van der Waals surface area contributed by atoms with Gasteiger partial charge < -0.3 is 4.74 Å². The van der Waals surface area contributed by atoms with E-state index in [1.807, 2.05) is 6.07 Å². The summed E-state index contributed by atoms with van der Waals surface area (Å²) in [5.74, 6) is 0.891. The first-order valence-corrected chi connectivity index (χ1v) is 7.70. The Hall–Kier alpha value is -1.02. The van der Waals surface area contributed by atoms with Gasteiger partial charge in [0.1, 0.15) is 6.10 Å². The molecule has 1 aliphatic carbocycles. The molecule has 3 atom stereocenters. The minimum absolute atomic E-state index is 0.0294. The highest BCUT2D eigenvalue weighted by atomic mass is 35.5. The van der Waals surface area contributed by atoms with Crippen molar-refractivity contribution in [2.24, 2.45) is 11.8 Å². The Labute approximate surface area is 126 Å². The Morgan fingerprint density at radius 3 is 2.50 bits per heavy atom. The monoisotopic (exact) mass is 294 g/mol. The smallest absolute Gasteiger partial charge is 0.404 e. The van der Waals surface area contributed by atoms with E-state index in [0.29, 0.717) is 11.8 Å². The van der Waals surface area contributed by atoms with Gasteiger partial charge >= 0.3 is 5.43 Å². The van der Waals surface area contributed by atoms with Crippen molar-refractivity contribution >= 4 is 17.0 Å². The van der Waals surface area contributed by atoms with Crippen molar-refractivity contribution in [2.45, 2.75) is 51.6 Å². The molecule has 0 spiro atoms. The standard InChI is InChI=1S/C17H23ClO2/c1-12-9-10-14(15(11-12)20-16(18)19)17(2,3)13-7-5-4-6-8-13/h4-8,12,14-15H,9-11H2,1-3H3/t12-,14-,15-/m0/s1. The van der Waals surface area contributed by atoms with E-state index in [9.17, 15) is 4.79 Å². The summed E-state index contributed by atoms with van der Waals surface area (Å²) in [6, 6.07) is 10.4. The fourth-order valence-electron chi connectivity index (χ4n) is 3.49. The molecular formula is C17H23ClO2. The van der Waals surface area contributed by atoms with Crippen LogP contribution in [0.4, 0.5) is 4.79 Å². The van der Waals surface area contributed by atoms with E-state index in [-0.39, 0.29) is 11.5 Å². The van der Waals surface area contributed by atoms with Gasteiger partial charge in [-0.2, -0.15) is 0 Å². The van der Waals surface area contributed by atoms with Gasteiger partial charge in [-0.25, -0.2) is 4.79 Å². The minimum Gasteiger partial charge on any atom is -0.450 e. The second kappa shape index (κ2) is 6.17. The number of benzene rings is 1. The highest BCUT2D eigenvalue weighted by Crippen LogP contribution is 2.43. The third-order valence-electron chi connectivity index (χ3n) is 4.74. The first kappa shape index (κ1) is 15.4. The highest BCUT2D eigenvalue weighted by molar-refractivity contribution is 6.61. The van der Waals surface area contributed by atoms with Crippen molar-refractivity contribution in [3.8, 4) is 0 Å². The lowest BCUT2D eigenvalue weighted by Crippen LogP contribution is -2.43. The van der Waals surface area contributed by atoms with E-state index < -0.39 is 5.43 Å². The van der Waals surface area contributed by atoms with Gasteiger partial charge in [0, 0.05) is 17.5 Å². The van der Waals surface area contributed by atoms with Gasteiger partial charge in [0.25, 0.3) is 0 Å². The van der Waals surface area contributed by atoms with Crippen LogP contribution in [0.25, 0.3) is 0 Å². The lowest BCUT2D eigenvalue weighted by atomic mass is 9.64. The molecule has 1 aromatic rings. The summed E-state index contributed by atoms with van der Waals surface area (Å²) in [6.07, 6.45) is 3.06. The zero-order chi connectivity index (χ0) is 14.8. The normalized spacial score (nSPS) is 27.1. The van der Waals surface area contributed by atoms with Crippen LogP contribution in [0, 0.1) is 11.8 Å². The average Bonchev–Trinajstić information content (AvgIpc) is 2.39. The van der Waals surface area contributed by atoms with Crippen LogP contribution in [0.15, 0.2) is 30.3 Å². The summed E-state index contributed by atoms with van der Waals surface area (Å²) >= 11 is 5.46. The van der Waals surface area contributed by atoms with Gasteiger partial charge in [-0.15, -0.1) is 0 Å². The number of carbonyl (C=O) groups excluding carboxylic acids is 1. The molecule has 3 heteroatoms. The summed E-state index contributed by atoms with van der Waals surface area (Å²) in [5, 5.41) is 0. The Bertz CT molecular complexity index is 455. The molecule has 0 aromatic heterocycles. The van der Waals surface area contributed by atoms with Crippen LogP contribution in [-0.4, -0.2) is 11.5 Å². The van der Waals surface area contributed by atoms with E-state index in [1.54, 1.807) is 0 Å².